The summed E-state index contributed by atoms with van der Waals surface area (Å²) in [7, 11) is 0. The fraction of sp³-hybridized carbons (Fsp3) is 0.692. The molecule has 3 nitrogen and oxygen atoms in total. The second-order valence-electron chi connectivity index (χ2n) is 5.10. The molecule has 0 aliphatic heterocycles. The summed E-state index contributed by atoms with van der Waals surface area (Å²) in [6.07, 6.45) is 0.851. The highest BCUT2D eigenvalue weighted by Gasteiger charge is 2.10. The molecule has 0 atom stereocenters. The molecular formula is C13H23NO2S. The summed E-state index contributed by atoms with van der Waals surface area (Å²) in [5.74, 6) is 3.86. The van der Waals surface area contributed by atoms with Gasteiger partial charge in [-0.2, -0.15) is 11.8 Å². The molecule has 0 saturated carbocycles. The minimum absolute atomic E-state index is 0.114. The minimum Gasteiger partial charge on any atom is -0.464 e. The zero-order valence-corrected chi connectivity index (χ0v) is 11.8. The standard InChI is InChI=1S/C13H23NO2S/c1-13(2,3)14-9-11-5-6-12(16-11)10-17-8-4-7-15/h5-6,14-15H,4,7-10H2,1-3H3. The minimum atomic E-state index is 0.114. The SMILES string of the molecule is CC(C)(C)NCc1ccc(CSCCCO)o1. The highest BCUT2D eigenvalue weighted by atomic mass is 32.2. The van der Waals surface area contributed by atoms with Crippen LogP contribution in [0.2, 0.25) is 0 Å². The van der Waals surface area contributed by atoms with Crippen molar-refractivity contribution in [3.63, 3.8) is 0 Å². The van der Waals surface area contributed by atoms with Crippen molar-refractivity contribution in [1.29, 1.82) is 0 Å². The number of hydrogen-bond acceptors (Lipinski definition) is 4. The van der Waals surface area contributed by atoms with E-state index in [2.05, 4.69) is 26.1 Å². The first kappa shape index (κ1) is 14.6. The summed E-state index contributed by atoms with van der Waals surface area (Å²) in [6, 6.07) is 4.06. The van der Waals surface area contributed by atoms with Crippen LogP contribution in [0.1, 0.15) is 38.7 Å². The van der Waals surface area contributed by atoms with Gasteiger partial charge in [0.25, 0.3) is 0 Å². The summed E-state index contributed by atoms with van der Waals surface area (Å²) in [5.41, 5.74) is 0.114. The fourth-order valence-electron chi connectivity index (χ4n) is 1.29. The van der Waals surface area contributed by atoms with Crippen molar-refractivity contribution >= 4 is 11.8 Å². The van der Waals surface area contributed by atoms with E-state index in [1.807, 2.05) is 12.1 Å². The molecule has 0 bridgehead atoms. The Morgan fingerprint density at radius 3 is 2.65 bits per heavy atom. The van der Waals surface area contributed by atoms with Gasteiger partial charge in [0.15, 0.2) is 0 Å². The van der Waals surface area contributed by atoms with E-state index in [9.17, 15) is 0 Å². The monoisotopic (exact) mass is 257 g/mol. The number of thioether (sulfide) groups is 1. The molecule has 0 fully saturated rings. The third-order valence-corrected chi connectivity index (χ3v) is 3.27. The van der Waals surface area contributed by atoms with Crippen molar-refractivity contribution in [3.05, 3.63) is 23.7 Å². The van der Waals surface area contributed by atoms with E-state index >= 15 is 0 Å². The van der Waals surface area contributed by atoms with Crippen molar-refractivity contribution in [2.24, 2.45) is 0 Å². The van der Waals surface area contributed by atoms with Gasteiger partial charge in [-0.1, -0.05) is 0 Å². The Morgan fingerprint density at radius 1 is 1.29 bits per heavy atom. The van der Waals surface area contributed by atoms with Crippen LogP contribution in [0.4, 0.5) is 0 Å². The van der Waals surface area contributed by atoms with Crippen LogP contribution >= 0.6 is 11.8 Å². The molecule has 1 rings (SSSR count). The highest BCUT2D eigenvalue weighted by Crippen LogP contribution is 2.16. The van der Waals surface area contributed by atoms with Gasteiger partial charge in [0.2, 0.25) is 0 Å². The maximum atomic E-state index is 8.67. The second-order valence-corrected chi connectivity index (χ2v) is 6.21. The molecule has 0 aliphatic carbocycles. The van der Waals surface area contributed by atoms with E-state index in [-0.39, 0.29) is 12.1 Å². The molecule has 2 N–H and O–H groups in total. The Hall–Kier alpha value is -0.450. The molecule has 0 saturated heterocycles. The van der Waals surface area contributed by atoms with Gasteiger partial charge in [0.1, 0.15) is 11.5 Å². The van der Waals surface area contributed by atoms with Crippen molar-refractivity contribution in [2.75, 3.05) is 12.4 Å². The topological polar surface area (TPSA) is 45.4 Å². The molecule has 1 aromatic rings. The first-order chi connectivity index (χ1) is 8.01. The summed E-state index contributed by atoms with van der Waals surface area (Å²) >= 11 is 1.79. The van der Waals surface area contributed by atoms with Crippen LogP contribution in [0, 0.1) is 0 Å². The van der Waals surface area contributed by atoms with Gasteiger partial charge in [-0.25, -0.2) is 0 Å². The van der Waals surface area contributed by atoms with Gasteiger partial charge in [0.05, 0.1) is 12.3 Å². The normalized spacial score (nSPS) is 12.0. The lowest BCUT2D eigenvalue weighted by molar-refractivity contribution is 0.296. The Kier molecular flexibility index (Phi) is 6.09. The lowest BCUT2D eigenvalue weighted by atomic mass is 10.1. The number of furan rings is 1. The quantitative estimate of drug-likeness (QED) is 0.737. The molecular weight excluding hydrogens is 234 g/mol. The van der Waals surface area contributed by atoms with Crippen LogP contribution in [0.5, 0.6) is 0 Å². The molecule has 0 aromatic carbocycles. The summed E-state index contributed by atoms with van der Waals surface area (Å²) in [4.78, 5) is 0. The molecule has 1 aromatic heterocycles. The number of rotatable bonds is 7. The number of aliphatic hydroxyl groups is 1. The third kappa shape index (κ3) is 6.76. The van der Waals surface area contributed by atoms with E-state index in [4.69, 9.17) is 9.52 Å². The molecule has 1 heterocycles. The van der Waals surface area contributed by atoms with Gasteiger partial charge in [-0.05, 0) is 45.1 Å². The lowest BCUT2D eigenvalue weighted by Gasteiger charge is -2.19. The zero-order chi connectivity index (χ0) is 12.7. The Balaban J connectivity index is 2.28. The molecule has 98 valence electrons. The predicted octanol–water partition coefficient (Wildman–Crippen LogP) is 2.78. The van der Waals surface area contributed by atoms with Crippen LogP contribution < -0.4 is 5.32 Å². The predicted molar refractivity (Wildman–Crippen MR) is 73.2 cm³/mol. The van der Waals surface area contributed by atoms with E-state index in [1.54, 1.807) is 11.8 Å². The van der Waals surface area contributed by atoms with Crippen molar-refractivity contribution in [3.8, 4) is 0 Å². The summed E-state index contributed by atoms with van der Waals surface area (Å²) < 4.78 is 5.71. The number of aliphatic hydroxyl groups excluding tert-OH is 1. The second kappa shape index (κ2) is 7.09. The summed E-state index contributed by atoms with van der Waals surface area (Å²) in [5, 5.41) is 12.1. The molecule has 17 heavy (non-hydrogen) atoms. The molecule has 4 heteroatoms. The molecule has 0 spiro atoms. The fourth-order valence-corrected chi connectivity index (χ4v) is 2.12. The average Bonchev–Trinajstić information content (AvgIpc) is 2.69. The number of hydrogen-bond donors (Lipinski definition) is 2. The highest BCUT2D eigenvalue weighted by molar-refractivity contribution is 7.98. The van der Waals surface area contributed by atoms with Crippen molar-refractivity contribution in [2.45, 2.75) is 45.0 Å². The van der Waals surface area contributed by atoms with Gasteiger partial charge in [0, 0.05) is 12.1 Å². The van der Waals surface area contributed by atoms with Crippen LogP contribution in [-0.2, 0) is 12.3 Å². The van der Waals surface area contributed by atoms with Crippen molar-refractivity contribution in [1.82, 2.24) is 5.32 Å². The van der Waals surface area contributed by atoms with Crippen LogP contribution in [0.3, 0.4) is 0 Å². The number of nitrogens with one attached hydrogen (secondary N) is 1. The maximum Gasteiger partial charge on any atom is 0.118 e. The first-order valence-corrected chi connectivity index (χ1v) is 7.18. The Bertz CT molecular complexity index is 317. The Labute approximate surface area is 108 Å². The third-order valence-electron chi connectivity index (χ3n) is 2.20. The van der Waals surface area contributed by atoms with Gasteiger partial charge >= 0.3 is 0 Å². The smallest absolute Gasteiger partial charge is 0.118 e. The lowest BCUT2D eigenvalue weighted by Crippen LogP contribution is -2.34. The first-order valence-electron chi connectivity index (χ1n) is 6.02. The average molecular weight is 257 g/mol. The summed E-state index contributed by atoms with van der Waals surface area (Å²) in [6.45, 7) is 7.46. The zero-order valence-electron chi connectivity index (χ0n) is 11.0. The van der Waals surface area contributed by atoms with E-state index in [1.165, 1.54) is 0 Å². The van der Waals surface area contributed by atoms with Crippen LogP contribution in [0.15, 0.2) is 16.5 Å². The van der Waals surface area contributed by atoms with E-state index < -0.39 is 0 Å². The van der Waals surface area contributed by atoms with Gasteiger partial charge < -0.3 is 14.8 Å². The van der Waals surface area contributed by atoms with Gasteiger partial charge in [-0.15, -0.1) is 0 Å². The van der Waals surface area contributed by atoms with E-state index in [0.717, 1.165) is 36.0 Å². The van der Waals surface area contributed by atoms with Gasteiger partial charge in [-0.3, -0.25) is 0 Å². The Morgan fingerprint density at radius 2 is 2.00 bits per heavy atom. The van der Waals surface area contributed by atoms with Crippen LogP contribution in [0.25, 0.3) is 0 Å². The maximum absolute atomic E-state index is 8.67. The molecule has 0 amide bonds. The molecule has 0 unspecified atom stereocenters. The van der Waals surface area contributed by atoms with E-state index in [0.29, 0.717) is 0 Å². The van der Waals surface area contributed by atoms with Crippen molar-refractivity contribution < 1.29 is 9.52 Å². The molecule has 0 aliphatic rings. The largest absolute Gasteiger partial charge is 0.464 e. The van der Waals surface area contributed by atoms with Crippen LogP contribution in [-0.4, -0.2) is 23.0 Å². The molecule has 0 radical (unpaired) electrons.